The lowest BCUT2D eigenvalue weighted by Gasteiger charge is -2.11. The number of carbonyl (C=O) groups excluding carboxylic acids is 1. The third-order valence-corrected chi connectivity index (χ3v) is 2.41. The third-order valence-electron chi connectivity index (χ3n) is 2.41. The Bertz CT molecular complexity index is 664. The molecular weight excluding hydrogens is 292 g/mol. The molecule has 1 heterocycles. The summed E-state index contributed by atoms with van der Waals surface area (Å²) in [7, 11) is 0. The van der Waals surface area contributed by atoms with E-state index in [1.165, 1.54) is 24.3 Å². The number of hydrogen-bond donors (Lipinski definition) is 1. The minimum Gasteiger partial charge on any atom is -0.434 e. The number of aromatic nitrogens is 1. The van der Waals surface area contributed by atoms with E-state index in [2.05, 4.69) is 15.0 Å². The predicted octanol–water partition coefficient (Wildman–Crippen LogP) is 3.21. The topological polar surface area (TPSA) is 51.2 Å². The van der Waals surface area contributed by atoms with Gasteiger partial charge in [-0.2, -0.15) is 22.5 Å². The number of nitrogens with one attached hydrogen (secondary N) is 1. The lowest BCUT2D eigenvalue weighted by Crippen LogP contribution is -2.16. The Labute approximate surface area is 116 Å². The van der Waals surface area contributed by atoms with Gasteiger partial charge in [-0.25, -0.2) is 0 Å². The van der Waals surface area contributed by atoms with Crippen LogP contribution in [-0.2, 0) is 0 Å². The van der Waals surface area contributed by atoms with Crippen molar-refractivity contribution >= 4 is 11.6 Å². The molecule has 1 aromatic carbocycles. The number of alkyl halides is 2. The van der Waals surface area contributed by atoms with E-state index in [-0.39, 0.29) is 17.0 Å². The van der Waals surface area contributed by atoms with Crippen molar-refractivity contribution in [3.05, 3.63) is 53.9 Å². The Kier molecular flexibility index (Phi) is 4.36. The van der Waals surface area contributed by atoms with Gasteiger partial charge < -0.3 is 10.1 Å². The van der Waals surface area contributed by atoms with E-state index in [9.17, 15) is 22.4 Å². The summed E-state index contributed by atoms with van der Waals surface area (Å²) in [6.45, 7) is -3.11. The molecule has 0 atom stereocenters. The van der Waals surface area contributed by atoms with Crippen LogP contribution < -0.4 is 10.1 Å². The monoisotopic (exact) mass is 300 g/mol. The van der Waals surface area contributed by atoms with Crippen molar-refractivity contribution in [1.82, 2.24) is 4.98 Å². The highest BCUT2D eigenvalue weighted by atomic mass is 19.3. The minimum absolute atomic E-state index is 0.221. The number of rotatable bonds is 4. The second-order valence-corrected chi connectivity index (χ2v) is 3.80. The summed E-state index contributed by atoms with van der Waals surface area (Å²) in [6.07, 6.45) is 0. The molecule has 4 nitrogen and oxygen atoms in total. The van der Waals surface area contributed by atoms with Crippen LogP contribution in [0.1, 0.15) is 10.4 Å². The standard InChI is InChI=1S/C13H8F4N2O2/c14-10-6-5-8(11(15)19-10)18-12(20)7-3-1-2-4-9(7)21-13(16)17/h1-6,13H,(H,18,20). The summed E-state index contributed by atoms with van der Waals surface area (Å²) in [4.78, 5) is 14.8. The molecule has 1 amide bonds. The van der Waals surface area contributed by atoms with Crippen LogP contribution in [0.5, 0.6) is 5.75 Å². The van der Waals surface area contributed by atoms with Crippen LogP contribution in [0.25, 0.3) is 0 Å². The first-order valence-corrected chi connectivity index (χ1v) is 5.64. The molecule has 2 rings (SSSR count). The molecule has 8 heteroatoms. The average molecular weight is 300 g/mol. The van der Waals surface area contributed by atoms with Crippen molar-refractivity contribution in [2.24, 2.45) is 0 Å². The molecule has 21 heavy (non-hydrogen) atoms. The SMILES string of the molecule is O=C(Nc1ccc(F)nc1F)c1ccccc1OC(F)F. The van der Waals surface area contributed by atoms with Crippen LogP contribution in [0.4, 0.5) is 23.2 Å². The zero-order chi connectivity index (χ0) is 15.4. The van der Waals surface area contributed by atoms with E-state index in [1.54, 1.807) is 0 Å². The highest BCUT2D eigenvalue weighted by Crippen LogP contribution is 2.22. The lowest BCUT2D eigenvalue weighted by molar-refractivity contribution is -0.0501. The molecule has 0 saturated carbocycles. The van der Waals surface area contributed by atoms with Crippen molar-refractivity contribution in [3.8, 4) is 5.75 Å². The van der Waals surface area contributed by atoms with Crippen molar-refractivity contribution in [2.45, 2.75) is 6.61 Å². The second kappa shape index (κ2) is 6.21. The number of halogens is 4. The summed E-state index contributed by atoms with van der Waals surface area (Å²) in [5.41, 5.74) is -0.602. The fraction of sp³-hybridized carbons (Fsp3) is 0.0769. The quantitative estimate of drug-likeness (QED) is 0.697. The fourth-order valence-corrected chi connectivity index (χ4v) is 1.55. The number of carbonyl (C=O) groups is 1. The number of ether oxygens (including phenoxy) is 1. The molecule has 0 spiro atoms. The zero-order valence-electron chi connectivity index (χ0n) is 10.3. The maximum atomic E-state index is 13.3. The first-order chi connectivity index (χ1) is 9.97. The van der Waals surface area contributed by atoms with Gasteiger partial charge in [-0.15, -0.1) is 0 Å². The molecular formula is C13H8F4N2O2. The third kappa shape index (κ3) is 3.68. The van der Waals surface area contributed by atoms with Crippen LogP contribution in [-0.4, -0.2) is 17.5 Å². The van der Waals surface area contributed by atoms with E-state index in [4.69, 9.17) is 0 Å². The van der Waals surface area contributed by atoms with Gasteiger partial charge in [-0.1, -0.05) is 12.1 Å². The molecule has 0 fully saturated rings. The van der Waals surface area contributed by atoms with Crippen LogP contribution in [0.15, 0.2) is 36.4 Å². The minimum atomic E-state index is -3.11. The number of pyridine rings is 1. The molecule has 110 valence electrons. The maximum Gasteiger partial charge on any atom is 0.387 e. The largest absolute Gasteiger partial charge is 0.434 e. The molecule has 0 saturated heterocycles. The summed E-state index contributed by atoms with van der Waals surface area (Å²) >= 11 is 0. The van der Waals surface area contributed by atoms with Crippen molar-refractivity contribution in [2.75, 3.05) is 5.32 Å². The highest BCUT2D eigenvalue weighted by molar-refractivity contribution is 6.06. The van der Waals surface area contributed by atoms with Gasteiger partial charge in [0.2, 0.25) is 11.9 Å². The first kappa shape index (κ1) is 14.8. The van der Waals surface area contributed by atoms with Gasteiger partial charge in [-0.3, -0.25) is 4.79 Å². The molecule has 0 radical (unpaired) electrons. The van der Waals surface area contributed by atoms with Crippen LogP contribution in [0.3, 0.4) is 0 Å². The lowest BCUT2D eigenvalue weighted by atomic mass is 10.2. The number of amides is 1. The number of anilines is 1. The normalized spacial score (nSPS) is 10.5. The van der Waals surface area contributed by atoms with Gasteiger partial charge in [0.1, 0.15) is 5.75 Å². The summed E-state index contributed by atoms with van der Waals surface area (Å²) in [5.74, 6) is -3.53. The van der Waals surface area contributed by atoms with Gasteiger partial charge in [0.25, 0.3) is 5.91 Å². The molecule has 0 bridgehead atoms. The van der Waals surface area contributed by atoms with Gasteiger partial charge in [0, 0.05) is 0 Å². The van der Waals surface area contributed by atoms with Crippen LogP contribution in [0, 0.1) is 11.9 Å². The van der Waals surface area contributed by atoms with Crippen molar-refractivity contribution in [3.63, 3.8) is 0 Å². The second-order valence-electron chi connectivity index (χ2n) is 3.80. The van der Waals surface area contributed by atoms with E-state index < -0.39 is 24.4 Å². The van der Waals surface area contributed by atoms with E-state index in [1.807, 2.05) is 0 Å². The Hall–Kier alpha value is -2.64. The fourth-order valence-electron chi connectivity index (χ4n) is 1.55. The van der Waals surface area contributed by atoms with Gasteiger partial charge in [-0.05, 0) is 24.3 Å². The predicted molar refractivity (Wildman–Crippen MR) is 65.2 cm³/mol. The van der Waals surface area contributed by atoms with Gasteiger partial charge in [0.05, 0.1) is 11.3 Å². The molecule has 0 aliphatic carbocycles. The smallest absolute Gasteiger partial charge is 0.387 e. The van der Waals surface area contributed by atoms with Crippen molar-refractivity contribution < 1.29 is 27.1 Å². The number of hydrogen-bond acceptors (Lipinski definition) is 3. The average Bonchev–Trinajstić information content (AvgIpc) is 2.42. The Morgan fingerprint density at radius 3 is 2.52 bits per heavy atom. The summed E-state index contributed by atoms with van der Waals surface area (Å²) in [5, 5.41) is 2.10. The molecule has 1 N–H and O–H groups in total. The van der Waals surface area contributed by atoms with Crippen molar-refractivity contribution in [1.29, 1.82) is 0 Å². The van der Waals surface area contributed by atoms with Gasteiger partial charge >= 0.3 is 6.61 Å². The molecule has 1 aromatic heterocycles. The van der Waals surface area contributed by atoms with Crippen LogP contribution in [0.2, 0.25) is 0 Å². The zero-order valence-corrected chi connectivity index (χ0v) is 10.3. The van der Waals surface area contributed by atoms with Crippen LogP contribution >= 0.6 is 0 Å². The molecule has 0 aliphatic rings. The van der Waals surface area contributed by atoms with Gasteiger partial charge in [0.15, 0.2) is 0 Å². The molecule has 2 aromatic rings. The summed E-state index contributed by atoms with van der Waals surface area (Å²) < 4.78 is 54.6. The first-order valence-electron chi connectivity index (χ1n) is 5.64. The highest BCUT2D eigenvalue weighted by Gasteiger charge is 2.17. The maximum absolute atomic E-state index is 13.3. The Balaban J connectivity index is 2.24. The number of nitrogens with zero attached hydrogens (tertiary/aromatic N) is 1. The Morgan fingerprint density at radius 1 is 1.14 bits per heavy atom. The number of para-hydroxylation sites is 1. The molecule has 0 aliphatic heterocycles. The van der Waals surface area contributed by atoms with E-state index >= 15 is 0 Å². The summed E-state index contributed by atoms with van der Waals surface area (Å²) in [6, 6.07) is 7.02. The molecule has 0 unspecified atom stereocenters. The van der Waals surface area contributed by atoms with E-state index in [0.717, 1.165) is 12.1 Å². The Morgan fingerprint density at radius 2 is 1.86 bits per heavy atom. The van der Waals surface area contributed by atoms with E-state index in [0.29, 0.717) is 0 Å². The number of benzene rings is 1.